The summed E-state index contributed by atoms with van der Waals surface area (Å²) in [7, 11) is 1.30. The Kier molecular flexibility index (Phi) is 4.61. The molecule has 1 aliphatic heterocycles. The smallest absolute Gasteiger partial charge is 0.341 e. The molecule has 6 nitrogen and oxygen atoms in total. The first-order chi connectivity index (χ1) is 13.6. The molecule has 0 atom stereocenters. The summed E-state index contributed by atoms with van der Waals surface area (Å²) in [6, 6.07) is 16.3. The van der Waals surface area contributed by atoms with Crippen molar-refractivity contribution >= 4 is 11.9 Å². The fourth-order valence-corrected chi connectivity index (χ4v) is 3.32. The molecule has 1 aliphatic rings. The van der Waals surface area contributed by atoms with E-state index >= 15 is 0 Å². The van der Waals surface area contributed by atoms with Gasteiger partial charge in [-0.15, -0.1) is 0 Å². The van der Waals surface area contributed by atoms with Crippen molar-refractivity contribution in [3.63, 3.8) is 0 Å². The molecule has 142 valence electrons. The number of ether oxygens (including phenoxy) is 3. The van der Waals surface area contributed by atoms with E-state index in [-0.39, 0.29) is 6.61 Å². The molecule has 0 fully saturated rings. The normalized spacial score (nSPS) is 12.5. The summed E-state index contributed by atoms with van der Waals surface area (Å²) in [4.78, 5) is 24.7. The number of fused-ring (bicyclic) bond motifs is 2. The number of furan rings is 1. The number of esters is 2. The van der Waals surface area contributed by atoms with Gasteiger partial charge < -0.3 is 18.6 Å². The molecule has 0 bridgehead atoms. The average Bonchev–Trinajstić information content (AvgIpc) is 3.10. The van der Waals surface area contributed by atoms with Crippen molar-refractivity contribution in [2.45, 2.75) is 19.4 Å². The van der Waals surface area contributed by atoms with Crippen molar-refractivity contribution in [2.75, 3.05) is 7.11 Å². The minimum absolute atomic E-state index is 0.0850. The van der Waals surface area contributed by atoms with Crippen LogP contribution in [0.3, 0.4) is 0 Å². The Labute approximate surface area is 161 Å². The predicted molar refractivity (Wildman–Crippen MR) is 99.4 cm³/mol. The van der Waals surface area contributed by atoms with Crippen LogP contribution in [0.15, 0.2) is 59.0 Å². The third-order valence-corrected chi connectivity index (χ3v) is 4.65. The zero-order valence-electron chi connectivity index (χ0n) is 15.4. The van der Waals surface area contributed by atoms with Crippen molar-refractivity contribution in [1.29, 1.82) is 0 Å². The van der Waals surface area contributed by atoms with Crippen LogP contribution in [0.2, 0.25) is 0 Å². The Bertz CT molecular complexity index is 1000. The van der Waals surface area contributed by atoms with E-state index in [2.05, 4.69) is 0 Å². The van der Waals surface area contributed by atoms with Crippen LogP contribution in [0.5, 0.6) is 11.5 Å². The number of hydrogen-bond donors (Lipinski definition) is 0. The van der Waals surface area contributed by atoms with Gasteiger partial charge in [0, 0.05) is 11.1 Å². The number of methoxy groups -OCH3 is 1. The molecule has 28 heavy (non-hydrogen) atoms. The first-order valence-corrected chi connectivity index (χ1v) is 8.78. The highest BCUT2D eigenvalue weighted by molar-refractivity contribution is 5.90. The summed E-state index contributed by atoms with van der Waals surface area (Å²) >= 11 is 0. The molecule has 6 heteroatoms. The molecule has 0 amide bonds. The third kappa shape index (κ3) is 3.13. The maximum Gasteiger partial charge on any atom is 0.341 e. The van der Waals surface area contributed by atoms with Gasteiger partial charge in [0.05, 0.1) is 7.11 Å². The van der Waals surface area contributed by atoms with Crippen molar-refractivity contribution in [2.24, 2.45) is 0 Å². The lowest BCUT2D eigenvalue weighted by Crippen LogP contribution is -2.21. The highest BCUT2D eigenvalue weighted by Crippen LogP contribution is 2.44. The molecule has 0 saturated heterocycles. The molecule has 3 aromatic rings. The third-order valence-electron chi connectivity index (χ3n) is 4.65. The average molecular weight is 378 g/mol. The molecule has 2 heterocycles. The van der Waals surface area contributed by atoms with Gasteiger partial charge in [-0.3, -0.25) is 4.79 Å². The van der Waals surface area contributed by atoms with E-state index in [1.807, 2.05) is 48.5 Å². The lowest BCUT2D eigenvalue weighted by molar-refractivity contribution is -0.146. The van der Waals surface area contributed by atoms with Crippen molar-refractivity contribution in [3.05, 3.63) is 82.8 Å². The summed E-state index contributed by atoms with van der Waals surface area (Å²) in [6.07, 6.45) is 0. The van der Waals surface area contributed by atoms with E-state index in [4.69, 9.17) is 18.6 Å². The second-order valence-electron chi connectivity index (χ2n) is 6.39. The second-order valence-corrected chi connectivity index (χ2v) is 6.39. The summed E-state index contributed by atoms with van der Waals surface area (Å²) in [5.74, 6) is 0.537. The first kappa shape index (κ1) is 17.9. The summed E-state index contributed by atoms with van der Waals surface area (Å²) in [5, 5.41) is 0. The van der Waals surface area contributed by atoms with E-state index in [1.54, 1.807) is 6.92 Å². The van der Waals surface area contributed by atoms with Gasteiger partial charge in [-0.1, -0.05) is 36.4 Å². The molecule has 0 spiro atoms. The van der Waals surface area contributed by atoms with E-state index in [0.717, 1.165) is 11.1 Å². The van der Waals surface area contributed by atoms with Gasteiger partial charge in [0.25, 0.3) is 0 Å². The largest absolute Gasteiger partial charge is 0.465 e. The Morgan fingerprint density at radius 3 is 2.21 bits per heavy atom. The quantitative estimate of drug-likeness (QED) is 0.628. The van der Waals surface area contributed by atoms with Crippen LogP contribution in [-0.4, -0.2) is 19.0 Å². The molecule has 0 unspecified atom stereocenters. The van der Waals surface area contributed by atoms with Gasteiger partial charge >= 0.3 is 11.9 Å². The molecule has 1 aromatic heterocycles. The fourth-order valence-electron chi connectivity index (χ4n) is 3.32. The topological polar surface area (TPSA) is 75.0 Å². The molecule has 0 saturated carbocycles. The zero-order valence-corrected chi connectivity index (χ0v) is 15.4. The Balaban J connectivity index is 1.58. The number of rotatable bonds is 4. The lowest BCUT2D eigenvalue weighted by atomic mass is 9.88. The zero-order chi connectivity index (χ0) is 19.7. The number of hydrogen-bond acceptors (Lipinski definition) is 6. The summed E-state index contributed by atoms with van der Waals surface area (Å²) < 4.78 is 21.6. The molecular weight excluding hydrogens is 360 g/mol. The molecule has 0 radical (unpaired) electrons. The Hall–Kier alpha value is -3.54. The van der Waals surface area contributed by atoms with E-state index < -0.39 is 17.9 Å². The molecule has 0 N–H and O–H groups in total. The van der Waals surface area contributed by atoms with Crippen molar-refractivity contribution < 1.29 is 28.2 Å². The Morgan fingerprint density at radius 2 is 1.61 bits per heavy atom. The molecule has 2 aromatic carbocycles. The first-order valence-electron chi connectivity index (χ1n) is 8.78. The minimum atomic E-state index is -0.600. The summed E-state index contributed by atoms with van der Waals surface area (Å²) in [5.41, 5.74) is 1.81. The minimum Gasteiger partial charge on any atom is -0.465 e. The number of carbonyl (C=O) groups is 2. The highest BCUT2D eigenvalue weighted by atomic mass is 16.5. The number of benzene rings is 2. The monoisotopic (exact) mass is 378 g/mol. The van der Waals surface area contributed by atoms with Gasteiger partial charge in [0.1, 0.15) is 41.1 Å². The standard InChI is InChI=1S/C22H18O6/c1-13-17(21(23)25-2)11-14(27-13)12-26-22(24)20-15-7-3-5-9-18(15)28-19-10-6-4-8-16(19)20/h3-11,20H,12H2,1-2H3. The molecule has 4 rings (SSSR count). The predicted octanol–water partition coefficient (Wildman–Crippen LogP) is 4.36. The van der Waals surface area contributed by atoms with Crippen molar-refractivity contribution in [3.8, 4) is 11.5 Å². The van der Waals surface area contributed by atoms with Crippen LogP contribution in [0.4, 0.5) is 0 Å². The van der Waals surface area contributed by atoms with Gasteiger partial charge in [0.15, 0.2) is 0 Å². The van der Waals surface area contributed by atoms with Crippen LogP contribution < -0.4 is 4.74 Å². The van der Waals surface area contributed by atoms with Gasteiger partial charge in [-0.25, -0.2) is 4.79 Å². The summed E-state index contributed by atoms with van der Waals surface area (Å²) in [6.45, 7) is 1.57. The Morgan fingerprint density at radius 1 is 1.00 bits per heavy atom. The van der Waals surface area contributed by atoms with Gasteiger partial charge in [-0.05, 0) is 25.1 Å². The van der Waals surface area contributed by atoms with Crippen LogP contribution >= 0.6 is 0 Å². The van der Waals surface area contributed by atoms with Crippen LogP contribution in [0, 0.1) is 6.92 Å². The van der Waals surface area contributed by atoms with E-state index in [1.165, 1.54) is 13.2 Å². The van der Waals surface area contributed by atoms with E-state index in [9.17, 15) is 9.59 Å². The molecule has 0 aliphatic carbocycles. The number of para-hydroxylation sites is 2. The SMILES string of the molecule is COC(=O)c1cc(COC(=O)C2c3ccccc3Oc3ccccc32)oc1C. The fraction of sp³-hybridized carbons (Fsp3) is 0.182. The number of carbonyl (C=O) groups excluding carboxylic acids is 2. The van der Waals surface area contributed by atoms with E-state index in [0.29, 0.717) is 28.6 Å². The lowest BCUT2D eigenvalue weighted by Gasteiger charge is -2.26. The van der Waals surface area contributed by atoms with Gasteiger partial charge in [-0.2, -0.15) is 0 Å². The molecular formula is C22H18O6. The highest BCUT2D eigenvalue weighted by Gasteiger charge is 2.33. The van der Waals surface area contributed by atoms with Crippen LogP contribution in [0.25, 0.3) is 0 Å². The van der Waals surface area contributed by atoms with Crippen LogP contribution in [-0.2, 0) is 20.9 Å². The van der Waals surface area contributed by atoms with Crippen molar-refractivity contribution in [1.82, 2.24) is 0 Å². The van der Waals surface area contributed by atoms with Crippen LogP contribution in [0.1, 0.15) is 38.9 Å². The maximum absolute atomic E-state index is 13.0. The number of aryl methyl sites for hydroxylation is 1. The van der Waals surface area contributed by atoms with Gasteiger partial charge in [0.2, 0.25) is 0 Å². The second kappa shape index (κ2) is 7.23. The maximum atomic E-state index is 13.0.